The molecule has 2 aromatic carbocycles. The summed E-state index contributed by atoms with van der Waals surface area (Å²) in [7, 11) is -2.03. The molecule has 0 aromatic heterocycles. The molecule has 7 heteroatoms. The summed E-state index contributed by atoms with van der Waals surface area (Å²) in [5.74, 6) is 0.504. The van der Waals surface area contributed by atoms with E-state index >= 15 is 0 Å². The summed E-state index contributed by atoms with van der Waals surface area (Å²) < 4.78 is 32.5. The maximum atomic E-state index is 12.6. The Kier molecular flexibility index (Phi) is 7.15. The van der Waals surface area contributed by atoms with Crippen molar-refractivity contribution in [1.29, 1.82) is 0 Å². The lowest BCUT2D eigenvalue weighted by Gasteiger charge is -2.18. The van der Waals surface area contributed by atoms with E-state index in [0.29, 0.717) is 18.7 Å². The summed E-state index contributed by atoms with van der Waals surface area (Å²) in [4.78, 5) is 14.1. The molecule has 0 spiro atoms. The Hall–Kier alpha value is -2.64. The number of nitrogens with zero attached hydrogens (tertiary/aromatic N) is 1. The van der Waals surface area contributed by atoms with Crippen LogP contribution >= 0.6 is 0 Å². The first-order valence-corrected chi connectivity index (χ1v) is 9.98. The summed E-state index contributed by atoms with van der Waals surface area (Å²) in [6.07, 6.45) is 1.45. The molecule has 0 heterocycles. The van der Waals surface area contributed by atoms with E-state index in [1.807, 2.05) is 31.2 Å². The number of carbonyl (C=O) groups excluding carboxylic acids is 1. The summed E-state index contributed by atoms with van der Waals surface area (Å²) in [6.45, 7) is 6.27. The van der Waals surface area contributed by atoms with Gasteiger partial charge in [-0.1, -0.05) is 30.3 Å². The standard InChI is InChI=1S/C20H24N2O4S/c1-4-12-21-27(24,25)18-10-7-9-17(15-18)20(23)22(3)13-14-26-19-11-6-5-8-16(19)2/h4-11,15,21H,1,12-14H2,2-3H3. The first-order valence-electron chi connectivity index (χ1n) is 8.49. The summed E-state index contributed by atoms with van der Waals surface area (Å²) >= 11 is 0. The van der Waals surface area contributed by atoms with Gasteiger partial charge in [-0.3, -0.25) is 4.79 Å². The summed E-state index contributed by atoms with van der Waals surface area (Å²) in [5, 5.41) is 0. The number of rotatable bonds is 9. The molecule has 6 nitrogen and oxygen atoms in total. The van der Waals surface area contributed by atoms with Crippen LogP contribution in [0.3, 0.4) is 0 Å². The van der Waals surface area contributed by atoms with E-state index in [1.165, 1.54) is 23.1 Å². The Bertz CT molecular complexity index is 910. The molecule has 0 atom stereocenters. The number of hydrogen-bond acceptors (Lipinski definition) is 4. The quantitative estimate of drug-likeness (QED) is 0.670. The van der Waals surface area contributed by atoms with Gasteiger partial charge in [0.1, 0.15) is 12.4 Å². The van der Waals surface area contributed by atoms with Crippen LogP contribution in [0.4, 0.5) is 0 Å². The molecule has 0 aliphatic rings. The number of likely N-dealkylation sites (N-methyl/N-ethyl adjacent to an activating group) is 1. The van der Waals surface area contributed by atoms with Gasteiger partial charge in [0.2, 0.25) is 10.0 Å². The Balaban J connectivity index is 2.01. The van der Waals surface area contributed by atoms with E-state index in [4.69, 9.17) is 4.74 Å². The third kappa shape index (κ3) is 5.67. The number of aryl methyl sites for hydroxylation is 1. The van der Waals surface area contributed by atoms with E-state index < -0.39 is 10.0 Å². The smallest absolute Gasteiger partial charge is 0.253 e. The molecular weight excluding hydrogens is 364 g/mol. The maximum absolute atomic E-state index is 12.6. The molecule has 0 aliphatic carbocycles. The van der Waals surface area contributed by atoms with Crippen molar-refractivity contribution in [2.75, 3.05) is 26.7 Å². The predicted octanol–water partition coefficient (Wildman–Crippen LogP) is 2.61. The number of sulfonamides is 1. The summed E-state index contributed by atoms with van der Waals surface area (Å²) in [5.41, 5.74) is 1.33. The van der Waals surface area contributed by atoms with Crippen LogP contribution in [0.25, 0.3) is 0 Å². The SMILES string of the molecule is C=CCNS(=O)(=O)c1cccc(C(=O)N(C)CCOc2ccccc2C)c1. The van der Waals surface area contributed by atoms with Crippen LogP contribution in [0.2, 0.25) is 0 Å². The zero-order valence-electron chi connectivity index (χ0n) is 15.5. The summed E-state index contributed by atoms with van der Waals surface area (Å²) in [6, 6.07) is 13.6. The van der Waals surface area contributed by atoms with Crippen molar-refractivity contribution in [3.63, 3.8) is 0 Å². The highest BCUT2D eigenvalue weighted by atomic mass is 32.2. The molecule has 0 aliphatic heterocycles. The number of hydrogen-bond donors (Lipinski definition) is 1. The molecule has 2 rings (SSSR count). The molecule has 1 N–H and O–H groups in total. The second kappa shape index (κ2) is 9.34. The van der Waals surface area contributed by atoms with Crippen molar-refractivity contribution in [2.45, 2.75) is 11.8 Å². The van der Waals surface area contributed by atoms with Gasteiger partial charge in [0.25, 0.3) is 5.91 Å². The minimum Gasteiger partial charge on any atom is -0.491 e. The molecule has 0 radical (unpaired) electrons. The third-order valence-corrected chi connectivity index (χ3v) is 5.35. The average molecular weight is 388 g/mol. The van der Waals surface area contributed by atoms with Gasteiger partial charge in [-0.25, -0.2) is 13.1 Å². The normalized spacial score (nSPS) is 11.0. The van der Waals surface area contributed by atoms with Crippen molar-refractivity contribution < 1.29 is 17.9 Å². The minimum atomic E-state index is -3.68. The zero-order valence-corrected chi connectivity index (χ0v) is 16.3. The van der Waals surface area contributed by atoms with E-state index in [1.54, 1.807) is 19.2 Å². The highest BCUT2D eigenvalue weighted by Crippen LogP contribution is 2.16. The van der Waals surface area contributed by atoms with Gasteiger partial charge in [-0.2, -0.15) is 0 Å². The number of para-hydroxylation sites is 1. The minimum absolute atomic E-state index is 0.0414. The molecule has 0 unspecified atom stereocenters. The van der Waals surface area contributed by atoms with Gasteiger partial charge in [0.15, 0.2) is 0 Å². The topological polar surface area (TPSA) is 75.7 Å². The van der Waals surface area contributed by atoms with E-state index in [-0.39, 0.29) is 17.3 Å². The number of amides is 1. The first kappa shape index (κ1) is 20.7. The highest BCUT2D eigenvalue weighted by molar-refractivity contribution is 7.89. The molecule has 0 saturated heterocycles. The highest BCUT2D eigenvalue weighted by Gasteiger charge is 2.17. The van der Waals surface area contributed by atoms with Gasteiger partial charge >= 0.3 is 0 Å². The lowest BCUT2D eigenvalue weighted by atomic mass is 10.2. The average Bonchev–Trinajstić information content (AvgIpc) is 2.67. The van der Waals surface area contributed by atoms with Crippen molar-refractivity contribution in [3.05, 3.63) is 72.3 Å². The lowest BCUT2D eigenvalue weighted by molar-refractivity contribution is 0.0773. The molecule has 0 saturated carbocycles. The molecule has 2 aromatic rings. The molecule has 0 bridgehead atoms. The van der Waals surface area contributed by atoms with Crippen molar-refractivity contribution >= 4 is 15.9 Å². The Labute approximate surface area is 160 Å². The molecule has 1 amide bonds. The van der Waals surface area contributed by atoms with E-state index in [2.05, 4.69) is 11.3 Å². The van der Waals surface area contributed by atoms with Gasteiger partial charge in [-0.15, -0.1) is 6.58 Å². The van der Waals surface area contributed by atoms with Crippen LogP contribution in [0, 0.1) is 6.92 Å². The molecular formula is C20H24N2O4S. The lowest BCUT2D eigenvalue weighted by Crippen LogP contribution is -2.31. The number of benzene rings is 2. The van der Waals surface area contributed by atoms with Gasteiger partial charge in [0, 0.05) is 19.2 Å². The van der Waals surface area contributed by atoms with Crippen molar-refractivity contribution in [1.82, 2.24) is 9.62 Å². The van der Waals surface area contributed by atoms with Crippen LogP contribution < -0.4 is 9.46 Å². The second-order valence-electron chi connectivity index (χ2n) is 6.01. The van der Waals surface area contributed by atoms with Gasteiger partial charge in [-0.05, 0) is 36.8 Å². The fraction of sp³-hybridized carbons (Fsp3) is 0.250. The van der Waals surface area contributed by atoms with Crippen molar-refractivity contribution in [2.24, 2.45) is 0 Å². The van der Waals surface area contributed by atoms with Crippen molar-refractivity contribution in [3.8, 4) is 5.75 Å². The fourth-order valence-corrected chi connectivity index (χ4v) is 3.42. The Morgan fingerprint density at radius 1 is 1.22 bits per heavy atom. The van der Waals surface area contributed by atoms with Gasteiger partial charge < -0.3 is 9.64 Å². The number of carbonyl (C=O) groups is 1. The molecule has 27 heavy (non-hydrogen) atoms. The molecule has 144 valence electrons. The second-order valence-corrected chi connectivity index (χ2v) is 7.78. The Morgan fingerprint density at radius 2 is 1.96 bits per heavy atom. The largest absolute Gasteiger partial charge is 0.491 e. The van der Waals surface area contributed by atoms with Crippen LogP contribution in [-0.4, -0.2) is 46.0 Å². The van der Waals surface area contributed by atoms with Gasteiger partial charge in [0.05, 0.1) is 11.4 Å². The fourth-order valence-electron chi connectivity index (χ4n) is 2.38. The predicted molar refractivity (Wildman–Crippen MR) is 105 cm³/mol. The van der Waals surface area contributed by atoms with Crippen LogP contribution in [-0.2, 0) is 10.0 Å². The first-order chi connectivity index (χ1) is 12.8. The van der Waals surface area contributed by atoms with E-state index in [0.717, 1.165) is 11.3 Å². The van der Waals surface area contributed by atoms with Crippen LogP contribution in [0.15, 0.2) is 66.1 Å². The number of ether oxygens (including phenoxy) is 1. The monoisotopic (exact) mass is 388 g/mol. The van der Waals surface area contributed by atoms with Crippen LogP contribution in [0.5, 0.6) is 5.75 Å². The number of nitrogens with one attached hydrogen (secondary N) is 1. The van der Waals surface area contributed by atoms with Crippen LogP contribution in [0.1, 0.15) is 15.9 Å². The molecule has 0 fully saturated rings. The third-order valence-electron chi connectivity index (χ3n) is 3.93. The Morgan fingerprint density at radius 3 is 2.67 bits per heavy atom. The van der Waals surface area contributed by atoms with E-state index in [9.17, 15) is 13.2 Å². The zero-order chi connectivity index (χ0) is 19.9. The maximum Gasteiger partial charge on any atom is 0.253 e.